The zero-order valence-electron chi connectivity index (χ0n) is 5.91. The second-order valence-corrected chi connectivity index (χ2v) is 2.41. The molecule has 0 aromatic carbocycles. The van der Waals surface area contributed by atoms with Crippen molar-refractivity contribution in [3.8, 4) is 0 Å². The van der Waals surface area contributed by atoms with Gasteiger partial charge in [-0.3, -0.25) is 0 Å². The number of carbonyl (C=O) groups is 1. The van der Waals surface area contributed by atoms with E-state index in [9.17, 15) is 4.79 Å². The van der Waals surface area contributed by atoms with Crippen LogP contribution in [0.2, 0.25) is 5.02 Å². The number of nitrogen functional groups attached to an aromatic ring is 1. The van der Waals surface area contributed by atoms with Gasteiger partial charge in [-0.25, -0.2) is 15.6 Å². The molecule has 0 aliphatic heterocycles. The van der Waals surface area contributed by atoms with Gasteiger partial charge in [0.1, 0.15) is 0 Å². The third kappa shape index (κ3) is 1.63. The molecule has 0 atom stereocenters. The van der Waals surface area contributed by atoms with Gasteiger partial charge in [-0.05, 0) is 6.07 Å². The predicted octanol–water partition coefficient (Wildman–Crippen LogP) is 0.719. The van der Waals surface area contributed by atoms with Crippen molar-refractivity contribution in [2.24, 2.45) is 5.84 Å². The Kier molecular flexibility index (Phi) is 2.47. The van der Waals surface area contributed by atoms with Gasteiger partial charge in [-0.2, -0.15) is 0 Å². The molecule has 0 saturated carbocycles. The van der Waals surface area contributed by atoms with Crippen LogP contribution in [-0.4, -0.2) is 16.1 Å². The zero-order valence-corrected chi connectivity index (χ0v) is 6.67. The number of nitrogens with two attached hydrogens (primary N) is 1. The first-order chi connectivity index (χ1) is 5.65. The Hall–Kier alpha value is -1.33. The standard InChI is InChI=1S/C6H6ClN3O2/c7-4-1-3(6(11)12)2-9-5(4)10-8/h1-2H,8H2,(H,9,10)(H,11,12). The summed E-state index contributed by atoms with van der Waals surface area (Å²) in [7, 11) is 0. The van der Waals surface area contributed by atoms with Crippen LogP contribution in [-0.2, 0) is 0 Å². The molecule has 0 amide bonds. The maximum atomic E-state index is 10.4. The van der Waals surface area contributed by atoms with Gasteiger partial charge in [0.05, 0.1) is 10.6 Å². The molecule has 0 fully saturated rings. The summed E-state index contributed by atoms with van der Waals surface area (Å²) in [5.74, 6) is 4.21. The van der Waals surface area contributed by atoms with E-state index in [1.54, 1.807) is 0 Å². The van der Waals surface area contributed by atoms with Crippen molar-refractivity contribution in [1.82, 2.24) is 4.98 Å². The lowest BCUT2D eigenvalue weighted by Crippen LogP contribution is -2.09. The summed E-state index contributed by atoms with van der Waals surface area (Å²) in [6.07, 6.45) is 1.17. The van der Waals surface area contributed by atoms with E-state index in [0.717, 1.165) is 0 Å². The van der Waals surface area contributed by atoms with Gasteiger partial charge in [-0.1, -0.05) is 11.6 Å². The van der Waals surface area contributed by atoms with E-state index < -0.39 is 5.97 Å². The summed E-state index contributed by atoms with van der Waals surface area (Å²) in [6, 6.07) is 1.27. The second-order valence-electron chi connectivity index (χ2n) is 2.00. The molecule has 1 aromatic rings. The number of aromatic carboxylic acids is 1. The van der Waals surface area contributed by atoms with Gasteiger partial charge in [-0.15, -0.1) is 0 Å². The van der Waals surface area contributed by atoms with Crippen LogP contribution in [0.4, 0.5) is 5.82 Å². The monoisotopic (exact) mass is 187 g/mol. The molecule has 1 aromatic heterocycles. The van der Waals surface area contributed by atoms with Gasteiger partial charge in [0.15, 0.2) is 5.82 Å². The fourth-order valence-electron chi connectivity index (χ4n) is 0.661. The van der Waals surface area contributed by atoms with E-state index >= 15 is 0 Å². The molecule has 64 valence electrons. The number of aromatic nitrogens is 1. The topological polar surface area (TPSA) is 88.2 Å². The van der Waals surface area contributed by atoms with Gasteiger partial charge < -0.3 is 10.5 Å². The number of hydrazine groups is 1. The smallest absolute Gasteiger partial charge is 0.337 e. The van der Waals surface area contributed by atoms with Gasteiger partial charge in [0.25, 0.3) is 0 Å². The molecule has 0 saturated heterocycles. The number of anilines is 1. The van der Waals surface area contributed by atoms with E-state index in [-0.39, 0.29) is 16.4 Å². The van der Waals surface area contributed by atoms with Crippen LogP contribution < -0.4 is 11.3 Å². The number of carboxylic acids is 1. The number of carboxylic acid groups (broad SMARTS) is 1. The quantitative estimate of drug-likeness (QED) is 0.469. The summed E-state index contributed by atoms with van der Waals surface area (Å²) in [4.78, 5) is 14.1. The van der Waals surface area contributed by atoms with Crippen LogP contribution in [0.15, 0.2) is 12.3 Å². The van der Waals surface area contributed by atoms with E-state index in [1.807, 2.05) is 0 Å². The van der Waals surface area contributed by atoms with Crippen LogP contribution in [0.1, 0.15) is 10.4 Å². The van der Waals surface area contributed by atoms with E-state index in [2.05, 4.69) is 10.4 Å². The molecule has 0 spiro atoms. The highest BCUT2D eigenvalue weighted by Gasteiger charge is 2.06. The number of hydrogen-bond acceptors (Lipinski definition) is 4. The Morgan fingerprint density at radius 1 is 1.75 bits per heavy atom. The molecule has 4 N–H and O–H groups in total. The van der Waals surface area contributed by atoms with Gasteiger partial charge in [0.2, 0.25) is 0 Å². The van der Waals surface area contributed by atoms with Crippen molar-refractivity contribution in [3.05, 3.63) is 22.8 Å². The minimum atomic E-state index is -1.08. The number of nitrogens with zero attached hydrogens (tertiary/aromatic N) is 1. The molecule has 0 aliphatic rings. The van der Waals surface area contributed by atoms with Crippen molar-refractivity contribution in [1.29, 1.82) is 0 Å². The van der Waals surface area contributed by atoms with Crippen molar-refractivity contribution >= 4 is 23.4 Å². The van der Waals surface area contributed by atoms with Crippen LogP contribution in [0, 0.1) is 0 Å². The van der Waals surface area contributed by atoms with E-state index in [0.29, 0.717) is 0 Å². The number of pyridine rings is 1. The Morgan fingerprint density at radius 3 is 2.83 bits per heavy atom. The average molecular weight is 188 g/mol. The third-order valence-electron chi connectivity index (χ3n) is 1.22. The van der Waals surface area contributed by atoms with Gasteiger partial charge >= 0.3 is 5.97 Å². The average Bonchev–Trinajstić information content (AvgIpc) is 2.04. The van der Waals surface area contributed by atoms with Crippen molar-refractivity contribution in [2.75, 3.05) is 5.43 Å². The number of rotatable bonds is 2. The Bertz CT molecular complexity index is 316. The lowest BCUT2D eigenvalue weighted by atomic mass is 10.3. The predicted molar refractivity (Wildman–Crippen MR) is 44.0 cm³/mol. The van der Waals surface area contributed by atoms with E-state index in [1.165, 1.54) is 12.3 Å². The van der Waals surface area contributed by atoms with E-state index in [4.69, 9.17) is 22.6 Å². The molecular weight excluding hydrogens is 182 g/mol. The molecule has 6 heteroatoms. The van der Waals surface area contributed by atoms with Crippen LogP contribution in [0.3, 0.4) is 0 Å². The van der Waals surface area contributed by atoms with Crippen molar-refractivity contribution < 1.29 is 9.90 Å². The minimum Gasteiger partial charge on any atom is -0.478 e. The number of halogens is 1. The summed E-state index contributed by atoms with van der Waals surface area (Å²) >= 11 is 5.61. The lowest BCUT2D eigenvalue weighted by molar-refractivity contribution is 0.0696. The molecule has 1 rings (SSSR count). The Labute approximate surface area is 73.1 Å². The highest BCUT2D eigenvalue weighted by Crippen LogP contribution is 2.18. The maximum Gasteiger partial charge on any atom is 0.337 e. The highest BCUT2D eigenvalue weighted by molar-refractivity contribution is 6.33. The van der Waals surface area contributed by atoms with Crippen LogP contribution >= 0.6 is 11.6 Å². The molecule has 12 heavy (non-hydrogen) atoms. The molecular formula is C6H6ClN3O2. The Morgan fingerprint density at radius 2 is 2.42 bits per heavy atom. The summed E-state index contributed by atoms with van der Waals surface area (Å²) < 4.78 is 0. The zero-order chi connectivity index (χ0) is 9.14. The minimum absolute atomic E-state index is 0.0269. The molecule has 0 radical (unpaired) electrons. The lowest BCUT2D eigenvalue weighted by Gasteiger charge is -2.01. The molecule has 0 bridgehead atoms. The highest BCUT2D eigenvalue weighted by atomic mass is 35.5. The van der Waals surface area contributed by atoms with Crippen LogP contribution in [0.25, 0.3) is 0 Å². The SMILES string of the molecule is NNc1ncc(C(=O)O)cc1Cl. The first-order valence-corrected chi connectivity index (χ1v) is 3.38. The largest absolute Gasteiger partial charge is 0.478 e. The van der Waals surface area contributed by atoms with Crippen molar-refractivity contribution in [2.45, 2.75) is 0 Å². The number of hydrogen-bond donors (Lipinski definition) is 3. The molecule has 0 aliphatic carbocycles. The maximum absolute atomic E-state index is 10.4. The molecule has 5 nitrogen and oxygen atoms in total. The summed E-state index contributed by atoms with van der Waals surface area (Å²) in [5.41, 5.74) is 2.25. The summed E-state index contributed by atoms with van der Waals surface area (Å²) in [5, 5.41) is 8.70. The molecule has 0 unspecified atom stereocenters. The first-order valence-electron chi connectivity index (χ1n) is 3.00. The number of nitrogens with one attached hydrogen (secondary N) is 1. The fourth-order valence-corrected chi connectivity index (χ4v) is 0.882. The van der Waals surface area contributed by atoms with Crippen LogP contribution in [0.5, 0.6) is 0 Å². The van der Waals surface area contributed by atoms with Gasteiger partial charge in [0, 0.05) is 6.20 Å². The summed E-state index contributed by atoms with van der Waals surface area (Å²) in [6.45, 7) is 0. The second kappa shape index (κ2) is 3.38. The van der Waals surface area contributed by atoms with Crippen molar-refractivity contribution in [3.63, 3.8) is 0 Å². The normalized spacial score (nSPS) is 9.50. The fraction of sp³-hybridized carbons (Fsp3) is 0. The Balaban J connectivity index is 3.10. The third-order valence-corrected chi connectivity index (χ3v) is 1.51. The first kappa shape index (κ1) is 8.76. The molecule has 1 heterocycles.